The third-order valence-corrected chi connectivity index (χ3v) is 3.88. The van der Waals surface area contributed by atoms with E-state index in [1.807, 2.05) is 6.92 Å². The van der Waals surface area contributed by atoms with E-state index in [9.17, 15) is 9.90 Å². The molecule has 0 saturated carbocycles. The van der Waals surface area contributed by atoms with Crippen LogP contribution in [0, 0.1) is 5.92 Å². The van der Waals surface area contributed by atoms with Crippen molar-refractivity contribution in [3.05, 3.63) is 0 Å². The first-order chi connectivity index (χ1) is 8.61. The number of carbonyl (C=O) groups is 1. The van der Waals surface area contributed by atoms with Gasteiger partial charge in [-0.15, -0.1) is 0 Å². The standard InChI is InChI=1S/C15H28O3/c1-12-10-8-6-4-3-5-7-9-11-14(16)13(2)15(17)18-12/h12-14,16H,3-11H2,1-2H3/t12?,13-,14+/m0/s1. The highest BCUT2D eigenvalue weighted by atomic mass is 16.5. The molecule has 106 valence electrons. The zero-order chi connectivity index (χ0) is 13.4. The van der Waals surface area contributed by atoms with Crippen molar-refractivity contribution in [1.82, 2.24) is 0 Å². The molecule has 0 amide bonds. The van der Waals surface area contributed by atoms with Crippen molar-refractivity contribution in [2.45, 2.75) is 83.8 Å². The molecule has 0 spiro atoms. The normalized spacial score (nSPS) is 33.5. The summed E-state index contributed by atoms with van der Waals surface area (Å²) in [7, 11) is 0. The Bertz CT molecular complexity index is 240. The Morgan fingerprint density at radius 1 is 0.944 bits per heavy atom. The number of aliphatic hydroxyl groups excluding tert-OH is 1. The van der Waals surface area contributed by atoms with E-state index in [1.165, 1.54) is 25.7 Å². The van der Waals surface area contributed by atoms with Gasteiger partial charge >= 0.3 is 5.97 Å². The highest BCUT2D eigenvalue weighted by Crippen LogP contribution is 2.18. The molecule has 0 aromatic carbocycles. The number of carbonyl (C=O) groups excluding carboxylic acids is 1. The lowest BCUT2D eigenvalue weighted by atomic mass is 9.97. The first-order valence-electron chi connectivity index (χ1n) is 7.50. The molecule has 1 heterocycles. The smallest absolute Gasteiger partial charge is 0.311 e. The molecule has 0 radical (unpaired) electrons. The summed E-state index contributed by atoms with van der Waals surface area (Å²) >= 11 is 0. The molecule has 3 heteroatoms. The lowest BCUT2D eigenvalue weighted by Crippen LogP contribution is -2.29. The maximum atomic E-state index is 11.8. The van der Waals surface area contributed by atoms with Gasteiger partial charge in [0.2, 0.25) is 0 Å². The maximum Gasteiger partial charge on any atom is 0.311 e. The Labute approximate surface area is 111 Å². The average Bonchev–Trinajstić information content (AvgIpc) is 2.34. The minimum atomic E-state index is -0.548. The van der Waals surface area contributed by atoms with Crippen LogP contribution < -0.4 is 0 Å². The van der Waals surface area contributed by atoms with E-state index in [2.05, 4.69) is 0 Å². The maximum absolute atomic E-state index is 11.8. The summed E-state index contributed by atoms with van der Waals surface area (Å²) in [5, 5.41) is 9.94. The molecule has 1 fully saturated rings. The Hall–Kier alpha value is -0.570. The molecule has 3 atom stereocenters. The van der Waals surface area contributed by atoms with Crippen LogP contribution >= 0.6 is 0 Å². The highest BCUT2D eigenvalue weighted by molar-refractivity contribution is 5.72. The summed E-state index contributed by atoms with van der Waals surface area (Å²) in [5.41, 5.74) is 0. The summed E-state index contributed by atoms with van der Waals surface area (Å²) in [4.78, 5) is 11.8. The zero-order valence-electron chi connectivity index (χ0n) is 11.9. The molecule has 0 aromatic heterocycles. The quantitative estimate of drug-likeness (QED) is 0.675. The molecule has 1 rings (SSSR count). The van der Waals surface area contributed by atoms with Crippen LogP contribution in [-0.4, -0.2) is 23.3 Å². The second-order valence-electron chi connectivity index (χ2n) is 5.66. The Morgan fingerprint density at radius 3 is 2.06 bits per heavy atom. The molecule has 3 nitrogen and oxygen atoms in total. The van der Waals surface area contributed by atoms with Crippen LogP contribution in [0.3, 0.4) is 0 Å². The Morgan fingerprint density at radius 2 is 1.44 bits per heavy atom. The Balaban J connectivity index is 2.46. The molecule has 1 saturated heterocycles. The molecule has 18 heavy (non-hydrogen) atoms. The molecule has 1 aliphatic heterocycles. The molecule has 1 N–H and O–H groups in total. The molecule has 0 aromatic rings. The first-order valence-corrected chi connectivity index (χ1v) is 7.50. The topological polar surface area (TPSA) is 46.5 Å². The van der Waals surface area contributed by atoms with E-state index in [-0.39, 0.29) is 12.1 Å². The summed E-state index contributed by atoms with van der Waals surface area (Å²) < 4.78 is 5.38. The van der Waals surface area contributed by atoms with Crippen LogP contribution in [0.2, 0.25) is 0 Å². The van der Waals surface area contributed by atoms with Gasteiger partial charge < -0.3 is 9.84 Å². The third-order valence-electron chi connectivity index (χ3n) is 3.88. The van der Waals surface area contributed by atoms with Gasteiger partial charge in [-0.2, -0.15) is 0 Å². The van der Waals surface area contributed by atoms with Crippen molar-refractivity contribution in [2.24, 2.45) is 5.92 Å². The predicted octanol–water partition coefficient (Wildman–Crippen LogP) is 3.44. The first kappa shape index (κ1) is 15.5. The van der Waals surface area contributed by atoms with Crippen molar-refractivity contribution in [3.8, 4) is 0 Å². The number of aliphatic hydroxyl groups is 1. The fourth-order valence-electron chi connectivity index (χ4n) is 2.44. The van der Waals surface area contributed by atoms with Crippen LogP contribution in [0.4, 0.5) is 0 Å². The number of ether oxygens (including phenoxy) is 1. The minimum absolute atomic E-state index is 0.0184. The second kappa shape index (κ2) is 8.52. The fraction of sp³-hybridized carbons (Fsp3) is 0.933. The van der Waals surface area contributed by atoms with Gasteiger partial charge in [0.25, 0.3) is 0 Å². The molecular weight excluding hydrogens is 228 g/mol. The number of cyclic esters (lactones) is 1. The summed E-state index contributed by atoms with van der Waals surface area (Å²) in [5.74, 6) is -0.637. The van der Waals surface area contributed by atoms with E-state index in [4.69, 9.17) is 4.74 Å². The largest absolute Gasteiger partial charge is 0.462 e. The van der Waals surface area contributed by atoms with Crippen molar-refractivity contribution >= 4 is 5.97 Å². The number of hydrogen-bond acceptors (Lipinski definition) is 3. The zero-order valence-corrected chi connectivity index (χ0v) is 11.9. The van der Waals surface area contributed by atoms with E-state index >= 15 is 0 Å². The van der Waals surface area contributed by atoms with Crippen molar-refractivity contribution < 1.29 is 14.6 Å². The third kappa shape index (κ3) is 5.85. The van der Waals surface area contributed by atoms with Crippen LogP contribution in [0.25, 0.3) is 0 Å². The molecule has 1 unspecified atom stereocenters. The van der Waals surface area contributed by atoms with Gasteiger partial charge in [0.15, 0.2) is 0 Å². The molecular formula is C15H28O3. The highest BCUT2D eigenvalue weighted by Gasteiger charge is 2.24. The second-order valence-corrected chi connectivity index (χ2v) is 5.66. The van der Waals surface area contributed by atoms with Crippen LogP contribution in [0.5, 0.6) is 0 Å². The van der Waals surface area contributed by atoms with Gasteiger partial charge in [0.05, 0.1) is 18.1 Å². The molecule has 0 aliphatic carbocycles. The van der Waals surface area contributed by atoms with Gasteiger partial charge in [-0.05, 0) is 33.1 Å². The lowest BCUT2D eigenvalue weighted by Gasteiger charge is -2.21. The van der Waals surface area contributed by atoms with Crippen LogP contribution in [0.15, 0.2) is 0 Å². The minimum Gasteiger partial charge on any atom is -0.462 e. The molecule has 0 bridgehead atoms. The number of rotatable bonds is 0. The van der Waals surface area contributed by atoms with Gasteiger partial charge in [0, 0.05) is 0 Å². The van der Waals surface area contributed by atoms with Crippen molar-refractivity contribution in [1.29, 1.82) is 0 Å². The molecule has 1 aliphatic rings. The van der Waals surface area contributed by atoms with Gasteiger partial charge in [-0.1, -0.05) is 38.5 Å². The lowest BCUT2D eigenvalue weighted by molar-refractivity contribution is -0.156. The van der Waals surface area contributed by atoms with E-state index < -0.39 is 12.0 Å². The van der Waals surface area contributed by atoms with E-state index in [0.717, 1.165) is 25.7 Å². The fourth-order valence-corrected chi connectivity index (χ4v) is 2.44. The predicted molar refractivity (Wildman–Crippen MR) is 72.3 cm³/mol. The SMILES string of the molecule is CC1CCCCCCCCC[C@@H](O)[C@H](C)C(=O)O1. The van der Waals surface area contributed by atoms with Crippen LogP contribution in [0.1, 0.15) is 71.6 Å². The Kier molecular flexibility index (Phi) is 7.33. The van der Waals surface area contributed by atoms with E-state index in [0.29, 0.717) is 6.42 Å². The average molecular weight is 256 g/mol. The monoisotopic (exact) mass is 256 g/mol. The summed E-state index contributed by atoms with van der Waals surface area (Å²) in [6.45, 7) is 3.72. The van der Waals surface area contributed by atoms with Gasteiger partial charge in [-0.25, -0.2) is 0 Å². The summed E-state index contributed by atoms with van der Waals surface area (Å²) in [6, 6.07) is 0. The number of hydrogen-bond donors (Lipinski definition) is 1. The summed E-state index contributed by atoms with van der Waals surface area (Å²) in [6.07, 6.45) is 9.44. The van der Waals surface area contributed by atoms with Gasteiger partial charge in [0.1, 0.15) is 0 Å². The van der Waals surface area contributed by atoms with Gasteiger partial charge in [-0.3, -0.25) is 4.79 Å². The van der Waals surface area contributed by atoms with E-state index in [1.54, 1.807) is 6.92 Å². The van der Waals surface area contributed by atoms with Crippen molar-refractivity contribution in [3.63, 3.8) is 0 Å². The van der Waals surface area contributed by atoms with Crippen molar-refractivity contribution in [2.75, 3.05) is 0 Å². The van der Waals surface area contributed by atoms with Crippen LogP contribution in [-0.2, 0) is 9.53 Å². The number of esters is 1.